The lowest BCUT2D eigenvalue weighted by molar-refractivity contribution is -0.148. The maximum Gasteiger partial charge on any atom is 0.348 e. The number of rotatable bonds is 6. The van der Waals surface area contributed by atoms with E-state index in [9.17, 15) is 14.4 Å². The number of ether oxygens (including phenoxy) is 3. The van der Waals surface area contributed by atoms with Crippen LogP contribution in [0.15, 0.2) is 30.3 Å². The van der Waals surface area contributed by atoms with E-state index in [0.717, 1.165) is 16.9 Å². The molecular formula is C19H19NO6S. The second-order valence-electron chi connectivity index (χ2n) is 6.16. The van der Waals surface area contributed by atoms with Gasteiger partial charge in [0.05, 0.1) is 19.6 Å². The number of nitrogen functional groups attached to an aromatic ring is 1. The largest absolute Gasteiger partial charge is 0.465 e. The number of esters is 3. The van der Waals surface area contributed by atoms with Gasteiger partial charge in [0.2, 0.25) is 0 Å². The average Bonchev–Trinajstić information content (AvgIpc) is 3.44. The Morgan fingerprint density at radius 2 is 1.70 bits per heavy atom. The summed E-state index contributed by atoms with van der Waals surface area (Å²) in [5.74, 6) is -1.75. The second-order valence-corrected chi connectivity index (χ2v) is 7.21. The molecule has 142 valence electrons. The van der Waals surface area contributed by atoms with Crippen LogP contribution in [0, 0.1) is 0 Å². The Balaban J connectivity index is 1.86. The van der Waals surface area contributed by atoms with Gasteiger partial charge in [0.25, 0.3) is 0 Å². The molecule has 0 bridgehead atoms. The van der Waals surface area contributed by atoms with Gasteiger partial charge in [0.15, 0.2) is 0 Å². The van der Waals surface area contributed by atoms with Gasteiger partial charge in [-0.25, -0.2) is 9.59 Å². The minimum Gasteiger partial charge on any atom is -0.465 e. The van der Waals surface area contributed by atoms with Crippen LogP contribution >= 0.6 is 11.3 Å². The fourth-order valence-electron chi connectivity index (χ4n) is 2.97. The van der Waals surface area contributed by atoms with Crippen molar-refractivity contribution < 1.29 is 28.6 Å². The minimum absolute atomic E-state index is 0.0280. The summed E-state index contributed by atoms with van der Waals surface area (Å²) in [7, 11) is 2.43. The summed E-state index contributed by atoms with van der Waals surface area (Å²) in [6.07, 6.45) is 1.38. The molecule has 1 saturated carbocycles. The Bertz CT molecular complexity index is 885. The molecule has 1 aliphatic carbocycles. The number of methoxy groups -OCH3 is 2. The van der Waals surface area contributed by atoms with E-state index in [1.54, 1.807) is 0 Å². The fourth-order valence-corrected chi connectivity index (χ4v) is 3.95. The van der Waals surface area contributed by atoms with Gasteiger partial charge in [0.1, 0.15) is 22.0 Å². The predicted octanol–water partition coefficient (Wildman–Crippen LogP) is 2.68. The highest BCUT2D eigenvalue weighted by Crippen LogP contribution is 2.49. The molecule has 7 nitrogen and oxygen atoms in total. The van der Waals surface area contributed by atoms with Crippen LogP contribution < -0.4 is 5.73 Å². The Morgan fingerprint density at radius 3 is 2.26 bits per heavy atom. The summed E-state index contributed by atoms with van der Waals surface area (Å²) < 4.78 is 15.0. The van der Waals surface area contributed by atoms with Crippen molar-refractivity contribution in [1.82, 2.24) is 0 Å². The Labute approximate surface area is 160 Å². The molecule has 1 fully saturated rings. The van der Waals surface area contributed by atoms with Crippen molar-refractivity contribution in [3.05, 3.63) is 51.9 Å². The molecule has 8 heteroatoms. The molecule has 1 heterocycles. The molecule has 3 rings (SSSR count). The molecule has 0 saturated heterocycles. The number of thiophene rings is 1. The van der Waals surface area contributed by atoms with E-state index in [1.807, 2.05) is 30.3 Å². The molecule has 2 aromatic rings. The monoisotopic (exact) mass is 389 g/mol. The third-order valence-corrected chi connectivity index (χ3v) is 5.65. The van der Waals surface area contributed by atoms with Crippen LogP contribution in [0.4, 0.5) is 5.00 Å². The highest BCUT2D eigenvalue weighted by Gasteiger charge is 2.52. The first-order valence-corrected chi connectivity index (χ1v) is 9.06. The van der Waals surface area contributed by atoms with E-state index in [4.69, 9.17) is 19.9 Å². The molecule has 0 unspecified atom stereocenters. The lowest BCUT2D eigenvalue weighted by atomic mass is 9.96. The van der Waals surface area contributed by atoms with Crippen LogP contribution in [0.2, 0.25) is 0 Å². The van der Waals surface area contributed by atoms with E-state index in [2.05, 4.69) is 0 Å². The SMILES string of the molecule is COC(=O)c1sc(N)c(C(=O)OC)c1COC(=O)C1(c2ccccc2)CC1. The van der Waals surface area contributed by atoms with Gasteiger partial charge in [-0.1, -0.05) is 30.3 Å². The van der Waals surface area contributed by atoms with Crippen molar-refractivity contribution in [2.24, 2.45) is 0 Å². The topological polar surface area (TPSA) is 105 Å². The molecule has 0 aliphatic heterocycles. The molecule has 0 atom stereocenters. The van der Waals surface area contributed by atoms with Gasteiger partial charge >= 0.3 is 17.9 Å². The van der Waals surface area contributed by atoms with Gasteiger partial charge < -0.3 is 19.9 Å². The maximum absolute atomic E-state index is 12.7. The van der Waals surface area contributed by atoms with Crippen molar-refractivity contribution in [3.8, 4) is 0 Å². The van der Waals surface area contributed by atoms with Gasteiger partial charge in [-0.3, -0.25) is 4.79 Å². The highest BCUT2D eigenvalue weighted by atomic mass is 32.1. The average molecular weight is 389 g/mol. The van der Waals surface area contributed by atoms with Crippen molar-refractivity contribution in [2.45, 2.75) is 24.9 Å². The van der Waals surface area contributed by atoms with E-state index >= 15 is 0 Å². The Kier molecular flexibility index (Phi) is 5.18. The molecular weight excluding hydrogens is 370 g/mol. The third-order valence-electron chi connectivity index (χ3n) is 4.61. The minimum atomic E-state index is -0.700. The molecule has 2 N–H and O–H groups in total. The number of hydrogen-bond acceptors (Lipinski definition) is 8. The lowest BCUT2D eigenvalue weighted by Crippen LogP contribution is -2.23. The smallest absolute Gasteiger partial charge is 0.348 e. The van der Waals surface area contributed by atoms with Gasteiger partial charge in [-0.05, 0) is 18.4 Å². The van der Waals surface area contributed by atoms with Crippen LogP contribution in [-0.4, -0.2) is 32.1 Å². The third kappa shape index (κ3) is 3.40. The Hall–Kier alpha value is -2.87. The lowest BCUT2D eigenvalue weighted by Gasteiger charge is -2.15. The zero-order valence-electron chi connectivity index (χ0n) is 14.9. The van der Waals surface area contributed by atoms with Crippen molar-refractivity contribution in [1.29, 1.82) is 0 Å². The number of carbonyl (C=O) groups is 3. The van der Waals surface area contributed by atoms with E-state index in [0.29, 0.717) is 12.8 Å². The van der Waals surface area contributed by atoms with Gasteiger partial charge in [0, 0.05) is 5.56 Å². The van der Waals surface area contributed by atoms with Crippen LogP contribution in [0.5, 0.6) is 0 Å². The number of carbonyl (C=O) groups excluding carboxylic acids is 3. The van der Waals surface area contributed by atoms with Gasteiger partial charge in [-0.15, -0.1) is 11.3 Å². The Morgan fingerprint density at radius 1 is 1.07 bits per heavy atom. The molecule has 1 aliphatic rings. The number of benzene rings is 1. The van der Waals surface area contributed by atoms with Crippen LogP contribution in [0.3, 0.4) is 0 Å². The molecule has 1 aromatic carbocycles. The summed E-state index contributed by atoms with van der Waals surface area (Å²) in [6, 6.07) is 9.39. The molecule has 0 amide bonds. The molecule has 0 radical (unpaired) electrons. The van der Waals surface area contributed by atoms with Crippen molar-refractivity contribution in [2.75, 3.05) is 20.0 Å². The van der Waals surface area contributed by atoms with Crippen molar-refractivity contribution >= 4 is 34.2 Å². The normalized spacial score (nSPS) is 14.3. The predicted molar refractivity (Wildman–Crippen MR) is 98.6 cm³/mol. The number of hydrogen-bond donors (Lipinski definition) is 1. The first-order chi connectivity index (χ1) is 12.9. The van der Waals surface area contributed by atoms with Crippen LogP contribution in [-0.2, 0) is 31.0 Å². The molecule has 0 spiro atoms. The first-order valence-electron chi connectivity index (χ1n) is 8.25. The van der Waals surface area contributed by atoms with E-state index < -0.39 is 23.3 Å². The van der Waals surface area contributed by atoms with Crippen LogP contribution in [0.25, 0.3) is 0 Å². The number of anilines is 1. The molecule has 27 heavy (non-hydrogen) atoms. The number of nitrogens with two attached hydrogens (primary N) is 1. The highest BCUT2D eigenvalue weighted by molar-refractivity contribution is 7.18. The van der Waals surface area contributed by atoms with Crippen LogP contribution in [0.1, 0.15) is 44.0 Å². The summed E-state index contributed by atoms with van der Waals surface area (Å²) >= 11 is 0.900. The molecule has 1 aromatic heterocycles. The summed E-state index contributed by atoms with van der Waals surface area (Å²) in [4.78, 5) is 36.9. The zero-order chi connectivity index (χ0) is 19.6. The first kappa shape index (κ1) is 18.9. The summed E-state index contributed by atoms with van der Waals surface area (Å²) in [5.41, 5.74) is 6.33. The van der Waals surface area contributed by atoms with E-state index in [1.165, 1.54) is 14.2 Å². The van der Waals surface area contributed by atoms with E-state index in [-0.39, 0.29) is 27.6 Å². The standard InChI is InChI=1S/C19H19NO6S/c1-24-16(21)13-12(14(17(22)25-2)27-15(13)20)10-26-18(23)19(8-9-19)11-6-4-3-5-7-11/h3-7H,8-10,20H2,1-2H3. The zero-order valence-corrected chi connectivity index (χ0v) is 15.8. The summed E-state index contributed by atoms with van der Waals surface area (Å²) in [6.45, 7) is -0.268. The second kappa shape index (κ2) is 7.40. The van der Waals surface area contributed by atoms with Crippen molar-refractivity contribution in [3.63, 3.8) is 0 Å². The quantitative estimate of drug-likeness (QED) is 0.598. The van der Waals surface area contributed by atoms with Gasteiger partial charge in [-0.2, -0.15) is 0 Å². The summed E-state index contributed by atoms with van der Waals surface area (Å²) in [5, 5.41) is 0.109. The maximum atomic E-state index is 12.7. The fraction of sp³-hybridized carbons (Fsp3) is 0.316.